The van der Waals surface area contributed by atoms with Gasteiger partial charge in [0.25, 0.3) is 0 Å². The maximum absolute atomic E-state index is 12.1. The van der Waals surface area contributed by atoms with Crippen LogP contribution in [0.15, 0.2) is 30.3 Å². The summed E-state index contributed by atoms with van der Waals surface area (Å²) in [4.78, 5) is 24.2. The van der Waals surface area contributed by atoms with E-state index in [9.17, 15) is 9.59 Å². The lowest BCUT2D eigenvalue weighted by Gasteiger charge is -2.27. The Bertz CT molecular complexity index is 497. The molecule has 0 N–H and O–H groups in total. The number of ether oxygens (including phenoxy) is 2. The van der Waals surface area contributed by atoms with Crippen molar-refractivity contribution in [3.8, 4) is 0 Å². The number of rotatable bonds is 7. The number of unbranched alkanes of at least 4 members (excludes halogenated alkanes) is 2. The summed E-state index contributed by atoms with van der Waals surface area (Å²) in [5.74, 6) is -0.590. The highest BCUT2D eigenvalue weighted by Gasteiger charge is 2.30. The number of hydrogen-bond donors (Lipinski definition) is 0. The Hall–Kier alpha value is -1.84. The fourth-order valence-corrected chi connectivity index (χ4v) is 2.90. The molecule has 0 amide bonds. The molecular weight excluding hydrogens is 292 g/mol. The first-order chi connectivity index (χ1) is 11.2. The Morgan fingerprint density at radius 3 is 2.65 bits per heavy atom. The van der Waals surface area contributed by atoms with E-state index in [-0.39, 0.29) is 24.0 Å². The third-order valence-electron chi connectivity index (χ3n) is 4.23. The minimum absolute atomic E-state index is 0.137. The molecule has 0 spiro atoms. The van der Waals surface area contributed by atoms with Crippen LogP contribution in [0.1, 0.15) is 62.2 Å². The van der Waals surface area contributed by atoms with Gasteiger partial charge in [-0.2, -0.15) is 0 Å². The zero-order valence-electron chi connectivity index (χ0n) is 13.8. The standard InChI is InChI=1S/C19H26O4/c1-2-3-7-13-22-18(20)16-11-8-12-17(14-16)23-19(21)15-9-5-4-6-10-15/h4-6,9-10,16-17H,2-3,7-8,11-14H2,1H3. The molecule has 2 unspecified atom stereocenters. The van der Waals surface area contributed by atoms with Gasteiger partial charge >= 0.3 is 11.9 Å². The highest BCUT2D eigenvalue weighted by Crippen LogP contribution is 2.28. The largest absolute Gasteiger partial charge is 0.465 e. The van der Waals surface area contributed by atoms with Gasteiger partial charge in [0.2, 0.25) is 0 Å². The van der Waals surface area contributed by atoms with Crippen LogP contribution in [0.2, 0.25) is 0 Å². The first-order valence-electron chi connectivity index (χ1n) is 8.63. The van der Waals surface area contributed by atoms with Crippen molar-refractivity contribution >= 4 is 11.9 Å². The monoisotopic (exact) mass is 318 g/mol. The molecule has 0 radical (unpaired) electrons. The number of benzene rings is 1. The second-order valence-corrected chi connectivity index (χ2v) is 6.13. The van der Waals surface area contributed by atoms with E-state index in [1.54, 1.807) is 12.1 Å². The summed E-state index contributed by atoms with van der Waals surface area (Å²) in [6, 6.07) is 8.97. The van der Waals surface area contributed by atoms with Crippen molar-refractivity contribution in [2.75, 3.05) is 6.61 Å². The van der Waals surface area contributed by atoms with E-state index in [0.29, 0.717) is 18.6 Å². The average molecular weight is 318 g/mol. The predicted molar refractivity (Wildman–Crippen MR) is 88.1 cm³/mol. The van der Waals surface area contributed by atoms with E-state index in [0.717, 1.165) is 38.5 Å². The minimum Gasteiger partial charge on any atom is -0.465 e. The first-order valence-corrected chi connectivity index (χ1v) is 8.63. The van der Waals surface area contributed by atoms with E-state index >= 15 is 0 Å². The maximum Gasteiger partial charge on any atom is 0.338 e. The van der Waals surface area contributed by atoms with Crippen LogP contribution in [-0.4, -0.2) is 24.6 Å². The molecule has 0 aromatic heterocycles. The molecule has 0 aliphatic heterocycles. The van der Waals surface area contributed by atoms with E-state index in [4.69, 9.17) is 9.47 Å². The van der Waals surface area contributed by atoms with E-state index in [1.165, 1.54) is 0 Å². The van der Waals surface area contributed by atoms with Gasteiger partial charge in [0.05, 0.1) is 18.1 Å². The number of carbonyl (C=O) groups is 2. The molecule has 23 heavy (non-hydrogen) atoms. The summed E-state index contributed by atoms with van der Waals surface area (Å²) in [5, 5.41) is 0. The van der Waals surface area contributed by atoms with Gasteiger partial charge in [-0.15, -0.1) is 0 Å². The normalized spacial score (nSPS) is 20.7. The molecule has 1 aliphatic carbocycles. The average Bonchev–Trinajstić information content (AvgIpc) is 2.59. The zero-order chi connectivity index (χ0) is 16.5. The molecule has 0 saturated heterocycles. The lowest BCUT2D eigenvalue weighted by Crippen LogP contribution is -2.30. The quantitative estimate of drug-likeness (QED) is 0.560. The third-order valence-corrected chi connectivity index (χ3v) is 4.23. The molecule has 0 heterocycles. The number of carbonyl (C=O) groups excluding carboxylic acids is 2. The van der Waals surface area contributed by atoms with Gasteiger partial charge in [0.15, 0.2) is 0 Å². The van der Waals surface area contributed by atoms with Crippen molar-refractivity contribution in [3.63, 3.8) is 0 Å². The Morgan fingerprint density at radius 1 is 1.13 bits per heavy atom. The van der Waals surface area contributed by atoms with Crippen LogP contribution in [0.25, 0.3) is 0 Å². The summed E-state index contributed by atoms with van der Waals surface area (Å²) < 4.78 is 10.9. The molecular formula is C19H26O4. The van der Waals surface area contributed by atoms with Crippen molar-refractivity contribution in [2.45, 2.75) is 58.0 Å². The number of hydrogen-bond acceptors (Lipinski definition) is 4. The molecule has 2 rings (SSSR count). The maximum atomic E-state index is 12.1. The van der Waals surface area contributed by atoms with Crippen LogP contribution in [0, 0.1) is 5.92 Å². The zero-order valence-corrected chi connectivity index (χ0v) is 13.8. The first kappa shape index (κ1) is 17.5. The molecule has 1 fully saturated rings. The second-order valence-electron chi connectivity index (χ2n) is 6.13. The van der Waals surface area contributed by atoms with E-state index < -0.39 is 0 Å². The van der Waals surface area contributed by atoms with Crippen LogP contribution in [-0.2, 0) is 14.3 Å². The van der Waals surface area contributed by atoms with Crippen LogP contribution >= 0.6 is 0 Å². The molecule has 4 heteroatoms. The lowest BCUT2D eigenvalue weighted by atomic mass is 9.87. The molecule has 4 nitrogen and oxygen atoms in total. The van der Waals surface area contributed by atoms with E-state index in [2.05, 4.69) is 6.92 Å². The van der Waals surface area contributed by atoms with Crippen molar-refractivity contribution in [1.82, 2.24) is 0 Å². The van der Waals surface area contributed by atoms with Crippen molar-refractivity contribution < 1.29 is 19.1 Å². The highest BCUT2D eigenvalue weighted by molar-refractivity contribution is 5.89. The van der Waals surface area contributed by atoms with Crippen molar-refractivity contribution in [2.24, 2.45) is 5.92 Å². The third kappa shape index (κ3) is 5.70. The van der Waals surface area contributed by atoms with Gasteiger partial charge in [-0.05, 0) is 44.2 Å². The molecule has 1 aromatic rings. The van der Waals surface area contributed by atoms with Crippen LogP contribution < -0.4 is 0 Å². The van der Waals surface area contributed by atoms with Gasteiger partial charge < -0.3 is 9.47 Å². The second kappa shape index (κ2) is 9.33. The predicted octanol–water partition coefficient (Wildman–Crippen LogP) is 4.14. The Kier molecular flexibility index (Phi) is 7.11. The van der Waals surface area contributed by atoms with Gasteiger partial charge in [0, 0.05) is 0 Å². The summed E-state index contributed by atoms with van der Waals surface area (Å²) in [7, 11) is 0. The van der Waals surface area contributed by atoms with E-state index in [1.807, 2.05) is 18.2 Å². The molecule has 1 saturated carbocycles. The van der Waals surface area contributed by atoms with Crippen LogP contribution in [0.4, 0.5) is 0 Å². The molecule has 0 bridgehead atoms. The lowest BCUT2D eigenvalue weighted by molar-refractivity contribution is -0.151. The fourth-order valence-electron chi connectivity index (χ4n) is 2.90. The van der Waals surface area contributed by atoms with Crippen molar-refractivity contribution in [1.29, 1.82) is 0 Å². The van der Waals surface area contributed by atoms with Crippen LogP contribution in [0.5, 0.6) is 0 Å². The Morgan fingerprint density at radius 2 is 1.91 bits per heavy atom. The van der Waals surface area contributed by atoms with Crippen molar-refractivity contribution in [3.05, 3.63) is 35.9 Å². The summed E-state index contributed by atoms with van der Waals surface area (Å²) in [6.07, 6.45) is 6.02. The topological polar surface area (TPSA) is 52.6 Å². The summed E-state index contributed by atoms with van der Waals surface area (Å²) >= 11 is 0. The Balaban J connectivity index is 1.79. The summed E-state index contributed by atoms with van der Waals surface area (Å²) in [5.41, 5.74) is 0.553. The smallest absolute Gasteiger partial charge is 0.338 e. The van der Waals surface area contributed by atoms with Gasteiger partial charge in [-0.3, -0.25) is 4.79 Å². The Labute approximate surface area is 138 Å². The molecule has 126 valence electrons. The van der Waals surface area contributed by atoms with Gasteiger partial charge in [-0.1, -0.05) is 38.0 Å². The van der Waals surface area contributed by atoms with Gasteiger partial charge in [0.1, 0.15) is 6.10 Å². The molecule has 2 atom stereocenters. The minimum atomic E-state index is -0.312. The SMILES string of the molecule is CCCCCOC(=O)C1CCCC(OC(=O)c2ccccc2)C1. The highest BCUT2D eigenvalue weighted by atomic mass is 16.5. The molecule has 1 aromatic carbocycles. The van der Waals surface area contributed by atoms with Gasteiger partial charge in [-0.25, -0.2) is 4.79 Å². The fraction of sp³-hybridized carbons (Fsp3) is 0.579. The van der Waals surface area contributed by atoms with Crippen LogP contribution in [0.3, 0.4) is 0 Å². The summed E-state index contributed by atoms with van der Waals surface area (Å²) in [6.45, 7) is 2.62. The number of esters is 2. The molecule has 1 aliphatic rings.